The molecule has 2 heterocycles. The van der Waals surface area contributed by atoms with Gasteiger partial charge in [0.1, 0.15) is 24.3 Å². The van der Waals surface area contributed by atoms with Crippen molar-refractivity contribution in [2.75, 3.05) is 19.7 Å². The number of carbonyl (C=O) groups is 1. The van der Waals surface area contributed by atoms with Gasteiger partial charge in [-0.05, 0) is 48.4 Å². The molecule has 2 aromatic carbocycles. The van der Waals surface area contributed by atoms with E-state index in [-0.39, 0.29) is 24.2 Å². The van der Waals surface area contributed by atoms with Gasteiger partial charge in [0, 0.05) is 37.0 Å². The summed E-state index contributed by atoms with van der Waals surface area (Å²) in [5, 5.41) is 10.0. The summed E-state index contributed by atoms with van der Waals surface area (Å²) in [5.74, 6) is 0.559. The van der Waals surface area contributed by atoms with E-state index in [9.17, 15) is 14.3 Å². The maximum absolute atomic E-state index is 13.1. The van der Waals surface area contributed by atoms with Gasteiger partial charge in [-0.25, -0.2) is 9.37 Å². The predicted octanol–water partition coefficient (Wildman–Crippen LogP) is 3.09. The molecule has 1 aromatic heterocycles. The summed E-state index contributed by atoms with van der Waals surface area (Å²) in [5.41, 5.74) is 1.66. The topological polar surface area (TPSA) is 67.6 Å². The minimum atomic E-state index is -0.659. The van der Waals surface area contributed by atoms with Crippen LogP contribution >= 0.6 is 0 Å². The van der Waals surface area contributed by atoms with E-state index in [0.29, 0.717) is 30.9 Å². The molecule has 1 amide bonds. The number of aliphatic hydroxyl groups excluding tert-OH is 1. The number of hydrogen-bond donors (Lipinski definition) is 1. The monoisotopic (exact) mass is 409 g/mol. The molecule has 0 radical (unpaired) electrons. The first-order valence-electron chi connectivity index (χ1n) is 10.00. The summed E-state index contributed by atoms with van der Waals surface area (Å²) < 4.78 is 20.5. The molecule has 0 aliphatic carbocycles. The van der Waals surface area contributed by atoms with Crippen LogP contribution in [-0.2, 0) is 6.54 Å². The van der Waals surface area contributed by atoms with Crippen molar-refractivity contribution < 1.29 is 19.0 Å². The molecule has 1 aliphatic rings. The highest BCUT2D eigenvalue weighted by Gasteiger charge is 2.28. The fourth-order valence-corrected chi connectivity index (χ4v) is 3.71. The maximum atomic E-state index is 13.1. The van der Waals surface area contributed by atoms with Gasteiger partial charge in [0.15, 0.2) is 0 Å². The Balaban J connectivity index is 1.29. The first kappa shape index (κ1) is 20.1. The van der Waals surface area contributed by atoms with E-state index >= 15 is 0 Å². The van der Waals surface area contributed by atoms with E-state index in [1.54, 1.807) is 59.7 Å². The number of rotatable bonds is 7. The average Bonchev–Trinajstić information content (AvgIpc) is 3.45. The fraction of sp³-hybridized carbons (Fsp3) is 0.304. The number of ether oxygens (including phenoxy) is 1. The molecule has 30 heavy (non-hydrogen) atoms. The summed E-state index contributed by atoms with van der Waals surface area (Å²) in [7, 11) is 0. The van der Waals surface area contributed by atoms with Gasteiger partial charge in [-0.3, -0.25) is 4.79 Å². The standard InChI is InChI=1S/C23H24FN3O3/c24-20-5-1-17(2-6-20)19-9-11-27(13-19)23(29)18-3-7-22(8-4-18)30-15-21(28)14-26-12-10-25-16-26/h1-8,10,12,16,19,21,28H,9,11,13-15H2/t19-,21+/m0/s1. The Morgan fingerprint density at radius 1 is 1.20 bits per heavy atom. The second-order valence-corrected chi connectivity index (χ2v) is 7.54. The van der Waals surface area contributed by atoms with E-state index in [1.807, 2.05) is 4.90 Å². The van der Waals surface area contributed by atoms with Gasteiger partial charge in [-0.2, -0.15) is 0 Å². The molecule has 1 N–H and O–H groups in total. The first-order chi connectivity index (χ1) is 14.6. The molecule has 0 unspecified atom stereocenters. The largest absolute Gasteiger partial charge is 0.491 e. The van der Waals surface area contributed by atoms with Crippen molar-refractivity contribution in [2.24, 2.45) is 0 Å². The summed E-state index contributed by atoms with van der Waals surface area (Å²) >= 11 is 0. The van der Waals surface area contributed by atoms with Crippen molar-refractivity contribution in [1.29, 1.82) is 0 Å². The van der Waals surface area contributed by atoms with E-state index in [4.69, 9.17) is 4.74 Å². The van der Waals surface area contributed by atoms with E-state index in [2.05, 4.69) is 4.98 Å². The van der Waals surface area contributed by atoms with Crippen molar-refractivity contribution in [3.8, 4) is 5.75 Å². The third-order valence-electron chi connectivity index (χ3n) is 5.34. The molecule has 156 valence electrons. The van der Waals surface area contributed by atoms with Crippen molar-refractivity contribution in [3.05, 3.63) is 84.2 Å². The van der Waals surface area contributed by atoms with Crippen molar-refractivity contribution in [2.45, 2.75) is 25.0 Å². The van der Waals surface area contributed by atoms with E-state index < -0.39 is 6.10 Å². The Labute approximate surface area is 174 Å². The fourth-order valence-electron chi connectivity index (χ4n) is 3.71. The Kier molecular flexibility index (Phi) is 6.09. The van der Waals surface area contributed by atoms with Crippen LogP contribution < -0.4 is 4.74 Å². The van der Waals surface area contributed by atoms with Crippen LogP contribution in [0.1, 0.15) is 28.3 Å². The molecule has 0 spiro atoms. The molecular formula is C23H24FN3O3. The Morgan fingerprint density at radius 2 is 1.97 bits per heavy atom. The SMILES string of the molecule is O=C(c1ccc(OC[C@H](O)Cn2ccnc2)cc1)N1CC[C@H](c2ccc(F)cc2)C1. The third kappa shape index (κ3) is 4.86. The van der Waals surface area contributed by atoms with Crippen molar-refractivity contribution in [3.63, 3.8) is 0 Å². The summed E-state index contributed by atoms with van der Waals surface area (Å²) in [6, 6.07) is 13.5. The second kappa shape index (κ2) is 9.09. The quantitative estimate of drug-likeness (QED) is 0.651. The zero-order valence-corrected chi connectivity index (χ0v) is 16.5. The number of imidazole rings is 1. The Hall–Kier alpha value is -3.19. The maximum Gasteiger partial charge on any atom is 0.253 e. The van der Waals surface area contributed by atoms with Crippen LogP contribution in [0.15, 0.2) is 67.3 Å². The minimum Gasteiger partial charge on any atom is -0.491 e. The zero-order chi connectivity index (χ0) is 20.9. The minimum absolute atomic E-state index is 0.0219. The molecule has 1 fully saturated rings. The molecule has 6 nitrogen and oxygen atoms in total. The molecule has 4 rings (SSSR count). The van der Waals surface area contributed by atoms with Gasteiger partial charge in [-0.1, -0.05) is 12.1 Å². The number of likely N-dealkylation sites (tertiary alicyclic amines) is 1. The lowest BCUT2D eigenvalue weighted by atomic mass is 9.99. The lowest BCUT2D eigenvalue weighted by molar-refractivity contribution is 0.0790. The van der Waals surface area contributed by atoms with Gasteiger partial charge < -0.3 is 19.3 Å². The lowest BCUT2D eigenvalue weighted by Gasteiger charge is -2.17. The number of hydrogen-bond acceptors (Lipinski definition) is 4. The molecule has 2 atom stereocenters. The van der Waals surface area contributed by atoms with Gasteiger partial charge in [0.05, 0.1) is 12.9 Å². The number of aromatic nitrogens is 2. The highest BCUT2D eigenvalue weighted by molar-refractivity contribution is 5.94. The number of benzene rings is 2. The number of nitrogens with zero attached hydrogens (tertiary/aromatic N) is 3. The van der Waals surface area contributed by atoms with Crippen LogP contribution in [0, 0.1) is 5.82 Å². The van der Waals surface area contributed by atoms with Crippen LogP contribution in [0.25, 0.3) is 0 Å². The second-order valence-electron chi connectivity index (χ2n) is 7.54. The summed E-state index contributed by atoms with van der Waals surface area (Å²) in [6.45, 7) is 1.86. The van der Waals surface area contributed by atoms with Crippen LogP contribution in [0.3, 0.4) is 0 Å². The molecule has 0 bridgehead atoms. The van der Waals surface area contributed by atoms with Crippen LogP contribution in [0.2, 0.25) is 0 Å². The van der Waals surface area contributed by atoms with Gasteiger partial charge >= 0.3 is 0 Å². The number of amides is 1. The molecule has 7 heteroatoms. The third-order valence-corrected chi connectivity index (χ3v) is 5.34. The molecular weight excluding hydrogens is 385 g/mol. The molecule has 1 aliphatic heterocycles. The highest BCUT2D eigenvalue weighted by atomic mass is 19.1. The Morgan fingerprint density at radius 3 is 2.67 bits per heavy atom. The first-order valence-corrected chi connectivity index (χ1v) is 10.00. The zero-order valence-electron chi connectivity index (χ0n) is 16.5. The predicted molar refractivity (Wildman–Crippen MR) is 110 cm³/mol. The van der Waals surface area contributed by atoms with Gasteiger partial charge in [0.25, 0.3) is 5.91 Å². The van der Waals surface area contributed by atoms with Gasteiger partial charge in [0.2, 0.25) is 0 Å². The van der Waals surface area contributed by atoms with E-state index in [1.165, 1.54) is 12.1 Å². The van der Waals surface area contributed by atoms with Crippen LogP contribution in [-0.4, -0.2) is 51.3 Å². The smallest absolute Gasteiger partial charge is 0.253 e. The normalized spacial score (nSPS) is 17.1. The van der Waals surface area contributed by atoms with Crippen LogP contribution in [0.5, 0.6) is 5.75 Å². The van der Waals surface area contributed by atoms with Gasteiger partial charge in [-0.15, -0.1) is 0 Å². The summed E-state index contributed by atoms with van der Waals surface area (Å²) in [4.78, 5) is 18.6. The Bertz CT molecular complexity index is 958. The molecule has 3 aromatic rings. The molecule has 0 saturated carbocycles. The number of aliphatic hydroxyl groups is 1. The number of carbonyl (C=O) groups excluding carboxylic acids is 1. The summed E-state index contributed by atoms with van der Waals surface area (Å²) in [6.07, 6.45) is 5.29. The van der Waals surface area contributed by atoms with Crippen molar-refractivity contribution in [1.82, 2.24) is 14.5 Å². The average molecular weight is 409 g/mol. The lowest BCUT2D eigenvalue weighted by Crippen LogP contribution is -2.28. The number of halogens is 1. The van der Waals surface area contributed by atoms with Crippen molar-refractivity contribution >= 4 is 5.91 Å². The molecule has 1 saturated heterocycles. The van der Waals surface area contributed by atoms with E-state index in [0.717, 1.165) is 12.0 Å². The highest BCUT2D eigenvalue weighted by Crippen LogP contribution is 2.28. The van der Waals surface area contributed by atoms with Crippen LogP contribution in [0.4, 0.5) is 4.39 Å².